The molecule has 0 radical (unpaired) electrons. The lowest BCUT2D eigenvalue weighted by Gasteiger charge is -2.04. The van der Waals surface area contributed by atoms with E-state index in [0.29, 0.717) is 6.20 Å². The molecule has 3 nitrogen and oxygen atoms in total. The molecule has 1 rings (SSSR count). The van der Waals surface area contributed by atoms with Gasteiger partial charge in [-0.1, -0.05) is 0 Å². The monoisotopic (exact) mass is 164 g/mol. The van der Waals surface area contributed by atoms with Crippen LogP contribution in [0.5, 0.6) is 5.75 Å². The maximum absolute atomic E-state index is 11.8. The van der Waals surface area contributed by atoms with Crippen molar-refractivity contribution in [2.75, 3.05) is 0 Å². The van der Waals surface area contributed by atoms with Crippen molar-refractivity contribution in [2.24, 2.45) is 0 Å². The van der Waals surface area contributed by atoms with E-state index in [2.05, 4.69) is 9.97 Å². The Morgan fingerprint density at radius 3 is 2.36 bits per heavy atom. The summed E-state index contributed by atoms with van der Waals surface area (Å²) in [6, 6.07) is 0. The minimum absolute atomic E-state index is 0.690. The molecule has 6 heteroatoms. The molecule has 1 aromatic rings. The third-order valence-corrected chi connectivity index (χ3v) is 0.961. The molecule has 0 saturated heterocycles. The molecule has 0 unspecified atom stereocenters. The number of aromatic nitrogens is 2. The second-order valence-corrected chi connectivity index (χ2v) is 1.75. The zero-order valence-electron chi connectivity index (χ0n) is 5.13. The summed E-state index contributed by atoms with van der Waals surface area (Å²) in [6.07, 6.45) is -3.20. The number of hydrogen-bond donors (Lipinski definition) is 1. The van der Waals surface area contributed by atoms with Gasteiger partial charge in [-0.25, -0.2) is 9.97 Å². The van der Waals surface area contributed by atoms with Crippen molar-refractivity contribution in [2.45, 2.75) is 6.18 Å². The third-order valence-electron chi connectivity index (χ3n) is 0.961. The summed E-state index contributed by atoms with van der Waals surface area (Å²) >= 11 is 0. The maximum Gasteiger partial charge on any atom is 0.437 e. The summed E-state index contributed by atoms with van der Waals surface area (Å²) in [7, 11) is 0. The van der Waals surface area contributed by atoms with Crippen molar-refractivity contribution in [3.8, 4) is 5.75 Å². The average Bonchev–Trinajstić information content (AvgIpc) is 1.86. The minimum atomic E-state index is -4.62. The largest absolute Gasteiger partial charge is 0.504 e. The highest BCUT2D eigenvalue weighted by atomic mass is 19.4. The molecule has 0 amide bonds. The summed E-state index contributed by atoms with van der Waals surface area (Å²) in [5.74, 6) is -0.958. The van der Waals surface area contributed by atoms with Crippen LogP contribution in [0.4, 0.5) is 13.2 Å². The lowest BCUT2D eigenvalue weighted by molar-refractivity contribution is -0.142. The van der Waals surface area contributed by atoms with E-state index in [1.54, 1.807) is 0 Å². The van der Waals surface area contributed by atoms with Gasteiger partial charge in [0.25, 0.3) is 0 Å². The summed E-state index contributed by atoms with van der Waals surface area (Å²) in [5, 5.41) is 8.60. The Hall–Kier alpha value is -1.33. The van der Waals surface area contributed by atoms with E-state index in [-0.39, 0.29) is 0 Å². The average molecular weight is 164 g/mol. The quantitative estimate of drug-likeness (QED) is 0.626. The Labute approximate surface area is 59.5 Å². The van der Waals surface area contributed by atoms with E-state index in [9.17, 15) is 13.2 Å². The fourth-order valence-corrected chi connectivity index (χ4v) is 0.541. The molecule has 1 aromatic heterocycles. The molecule has 0 spiro atoms. The summed E-state index contributed by atoms with van der Waals surface area (Å²) in [5.41, 5.74) is -1.31. The topological polar surface area (TPSA) is 46.0 Å². The Balaban J connectivity index is 3.14. The zero-order valence-corrected chi connectivity index (χ0v) is 5.13. The molecule has 1 heterocycles. The van der Waals surface area contributed by atoms with Gasteiger partial charge in [-0.05, 0) is 0 Å². The van der Waals surface area contributed by atoms with Crippen LogP contribution in [-0.2, 0) is 6.18 Å². The molecular formula is C5H3F3N2O. The van der Waals surface area contributed by atoms with Gasteiger partial charge in [0, 0.05) is 0 Å². The van der Waals surface area contributed by atoms with Crippen molar-refractivity contribution < 1.29 is 18.3 Å². The van der Waals surface area contributed by atoms with Crippen molar-refractivity contribution in [3.05, 3.63) is 18.2 Å². The number of aromatic hydroxyl groups is 1. The maximum atomic E-state index is 11.8. The second kappa shape index (κ2) is 2.37. The standard InChI is InChI=1S/C5H3F3N2O/c6-5(7,8)4-3(11)1-9-2-10-4/h1-2,11H. The molecule has 1 N–H and O–H groups in total. The van der Waals surface area contributed by atoms with Crippen LogP contribution < -0.4 is 0 Å². The van der Waals surface area contributed by atoms with E-state index in [0.717, 1.165) is 6.33 Å². The van der Waals surface area contributed by atoms with Gasteiger partial charge in [0.1, 0.15) is 6.33 Å². The van der Waals surface area contributed by atoms with Gasteiger partial charge in [-0.2, -0.15) is 13.2 Å². The van der Waals surface area contributed by atoms with Gasteiger partial charge in [-0.15, -0.1) is 0 Å². The van der Waals surface area contributed by atoms with Crippen LogP contribution >= 0.6 is 0 Å². The Bertz CT molecular complexity index is 260. The molecule has 60 valence electrons. The molecular weight excluding hydrogens is 161 g/mol. The second-order valence-electron chi connectivity index (χ2n) is 1.75. The van der Waals surface area contributed by atoms with Crippen molar-refractivity contribution >= 4 is 0 Å². The number of hydrogen-bond acceptors (Lipinski definition) is 3. The predicted molar refractivity (Wildman–Crippen MR) is 28.7 cm³/mol. The smallest absolute Gasteiger partial charge is 0.437 e. The minimum Gasteiger partial charge on any atom is -0.504 e. The van der Waals surface area contributed by atoms with Crippen LogP contribution in [0.2, 0.25) is 0 Å². The number of alkyl halides is 3. The van der Waals surface area contributed by atoms with E-state index >= 15 is 0 Å². The van der Waals surface area contributed by atoms with Crippen molar-refractivity contribution in [1.29, 1.82) is 0 Å². The SMILES string of the molecule is Oc1cncnc1C(F)(F)F. The van der Waals surface area contributed by atoms with Crippen LogP contribution in [0.25, 0.3) is 0 Å². The molecule has 0 atom stereocenters. The lowest BCUT2D eigenvalue weighted by Crippen LogP contribution is -2.07. The number of nitrogens with zero attached hydrogens (tertiary/aromatic N) is 2. The Kier molecular flexibility index (Phi) is 1.67. The summed E-state index contributed by atoms with van der Waals surface area (Å²) < 4.78 is 35.4. The van der Waals surface area contributed by atoms with Gasteiger partial charge in [-0.3, -0.25) is 0 Å². The fourth-order valence-electron chi connectivity index (χ4n) is 0.541. The highest BCUT2D eigenvalue weighted by Crippen LogP contribution is 2.32. The van der Waals surface area contributed by atoms with E-state index in [1.807, 2.05) is 0 Å². The Morgan fingerprint density at radius 1 is 1.36 bits per heavy atom. The fraction of sp³-hybridized carbons (Fsp3) is 0.200. The van der Waals surface area contributed by atoms with E-state index in [4.69, 9.17) is 5.11 Å². The van der Waals surface area contributed by atoms with Gasteiger partial charge >= 0.3 is 6.18 Å². The normalized spacial score (nSPS) is 11.5. The van der Waals surface area contributed by atoms with Crippen LogP contribution in [0, 0.1) is 0 Å². The summed E-state index contributed by atoms with van der Waals surface area (Å²) in [4.78, 5) is 6.06. The first kappa shape index (κ1) is 7.77. The highest BCUT2D eigenvalue weighted by molar-refractivity contribution is 5.23. The predicted octanol–water partition coefficient (Wildman–Crippen LogP) is 1.20. The molecule has 0 saturated carbocycles. The summed E-state index contributed by atoms with van der Waals surface area (Å²) in [6.45, 7) is 0. The van der Waals surface area contributed by atoms with Gasteiger partial charge in [0.2, 0.25) is 0 Å². The van der Waals surface area contributed by atoms with Gasteiger partial charge in [0.05, 0.1) is 6.20 Å². The van der Waals surface area contributed by atoms with Crippen LogP contribution in [0.15, 0.2) is 12.5 Å². The molecule has 0 bridgehead atoms. The lowest BCUT2D eigenvalue weighted by atomic mass is 10.4. The first-order valence-corrected chi connectivity index (χ1v) is 2.58. The molecule has 0 aliphatic carbocycles. The van der Waals surface area contributed by atoms with Crippen molar-refractivity contribution in [1.82, 2.24) is 9.97 Å². The van der Waals surface area contributed by atoms with Gasteiger partial charge < -0.3 is 5.11 Å². The zero-order chi connectivity index (χ0) is 8.48. The first-order valence-electron chi connectivity index (χ1n) is 2.58. The number of halogens is 3. The molecule has 0 aliphatic heterocycles. The molecule has 11 heavy (non-hydrogen) atoms. The van der Waals surface area contributed by atoms with Crippen LogP contribution in [0.3, 0.4) is 0 Å². The van der Waals surface area contributed by atoms with E-state index < -0.39 is 17.6 Å². The highest BCUT2D eigenvalue weighted by Gasteiger charge is 2.35. The van der Waals surface area contributed by atoms with Gasteiger partial charge in [0.15, 0.2) is 11.4 Å². The van der Waals surface area contributed by atoms with Crippen LogP contribution in [-0.4, -0.2) is 15.1 Å². The molecule has 0 aromatic carbocycles. The first-order chi connectivity index (χ1) is 5.02. The molecule has 0 aliphatic rings. The number of rotatable bonds is 0. The van der Waals surface area contributed by atoms with Crippen LogP contribution in [0.1, 0.15) is 5.69 Å². The molecule has 0 fully saturated rings. The van der Waals surface area contributed by atoms with Crippen molar-refractivity contribution in [3.63, 3.8) is 0 Å². The third kappa shape index (κ3) is 1.57. The van der Waals surface area contributed by atoms with E-state index in [1.165, 1.54) is 0 Å². The Morgan fingerprint density at radius 2 is 2.00 bits per heavy atom.